The van der Waals surface area contributed by atoms with Crippen LogP contribution in [0.25, 0.3) is 0 Å². The molecule has 1 aromatic rings. The molecule has 0 spiro atoms. The summed E-state index contributed by atoms with van der Waals surface area (Å²) in [4.78, 5) is 11.4. The maximum atomic E-state index is 11.4. The number of hydrogen-bond acceptors (Lipinski definition) is 3. The minimum Gasteiger partial charge on any atom is -0.392 e. The summed E-state index contributed by atoms with van der Waals surface area (Å²) in [5, 5.41) is 8.80. The predicted molar refractivity (Wildman–Crippen MR) is 53.5 cm³/mol. The van der Waals surface area contributed by atoms with Crippen LogP contribution in [0.1, 0.15) is 22.8 Å². The van der Waals surface area contributed by atoms with E-state index in [4.69, 9.17) is 5.11 Å². The van der Waals surface area contributed by atoms with Crippen LogP contribution in [0.5, 0.6) is 0 Å². The molecule has 0 bridgehead atoms. The summed E-state index contributed by atoms with van der Waals surface area (Å²) < 4.78 is 0. The van der Waals surface area contributed by atoms with E-state index < -0.39 is 0 Å². The quantitative estimate of drug-likeness (QED) is 0.609. The molecule has 0 aliphatic rings. The van der Waals surface area contributed by atoms with E-state index >= 15 is 0 Å². The van der Waals surface area contributed by atoms with Crippen LogP contribution in [0.3, 0.4) is 0 Å². The molecule has 0 unspecified atom stereocenters. The van der Waals surface area contributed by atoms with Crippen molar-refractivity contribution in [2.24, 2.45) is 0 Å². The van der Waals surface area contributed by atoms with E-state index in [2.05, 4.69) is 10.9 Å². The van der Waals surface area contributed by atoms with Crippen molar-refractivity contribution in [1.82, 2.24) is 10.9 Å². The molecular weight excluding hydrogens is 180 g/mol. The maximum absolute atomic E-state index is 11.4. The molecule has 0 saturated carbocycles. The number of rotatable bonds is 4. The van der Waals surface area contributed by atoms with Crippen LogP contribution in [-0.2, 0) is 6.61 Å². The van der Waals surface area contributed by atoms with Gasteiger partial charge in [-0.05, 0) is 17.7 Å². The van der Waals surface area contributed by atoms with E-state index in [0.29, 0.717) is 12.1 Å². The Balaban J connectivity index is 2.62. The standard InChI is InChI=1S/C10H14N2O2/c1-2-11-12-10(14)9-5-3-8(7-13)4-6-9/h3-6,11,13H,2,7H2,1H3,(H,12,14). The zero-order valence-electron chi connectivity index (χ0n) is 8.08. The molecule has 0 heterocycles. The van der Waals surface area contributed by atoms with Gasteiger partial charge >= 0.3 is 0 Å². The lowest BCUT2D eigenvalue weighted by Crippen LogP contribution is -2.36. The number of aliphatic hydroxyl groups excluding tert-OH is 1. The van der Waals surface area contributed by atoms with Crippen molar-refractivity contribution in [3.63, 3.8) is 0 Å². The largest absolute Gasteiger partial charge is 0.392 e. The van der Waals surface area contributed by atoms with E-state index in [-0.39, 0.29) is 12.5 Å². The van der Waals surface area contributed by atoms with Gasteiger partial charge < -0.3 is 5.11 Å². The summed E-state index contributed by atoms with van der Waals surface area (Å²) in [7, 11) is 0. The van der Waals surface area contributed by atoms with Crippen LogP contribution >= 0.6 is 0 Å². The molecule has 1 rings (SSSR count). The lowest BCUT2D eigenvalue weighted by atomic mass is 10.1. The first-order valence-electron chi connectivity index (χ1n) is 4.51. The fourth-order valence-electron chi connectivity index (χ4n) is 1.00. The van der Waals surface area contributed by atoms with Crippen molar-refractivity contribution >= 4 is 5.91 Å². The number of carbonyl (C=O) groups excluding carboxylic acids is 1. The summed E-state index contributed by atoms with van der Waals surface area (Å²) in [6, 6.07) is 6.80. The van der Waals surface area contributed by atoms with Gasteiger partial charge in [-0.15, -0.1) is 0 Å². The Kier molecular flexibility index (Phi) is 4.10. The molecule has 1 amide bonds. The molecule has 4 heteroatoms. The van der Waals surface area contributed by atoms with Crippen LogP contribution in [-0.4, -0.2) is 17.6 Å². The average Bonchev–Trinajstić information content (AvgIpc) is 2.26. The highest BCUT2D eigenvalue weighted by Gasteiger charge is 2.02. The minimum absolute atomic E-state index is 0.00485. The van der Waals surface area contributed by atoms with E-state index in [1.54, 1.807) is 24.3 Å². The van der Waals surface area contributed by atoms with Gasteiger partial charge in [0, 0.05) is 12.1 Å². The zero-order chi connectivity index (χ0) is 10.4. The predicted octanol–water partition coefficient (Wildman–Crippen LogP) is 0.433. The van der Waals surface area contributed by atoms with Crippen LogP contribution in [0.15, 0.2) is 24.3 Å². The summed E-state index contributed by atoms with van der Waals surface area (Å²) in [5.41, 5.74) is 6.63. The zero-order valence-corrected chi connectivity index (χ0v) is 8.08. The fraction of sp³-hybridized carbons (Fsp3) is 0.300. The molecule has 0 aromatic heterocycles. The first-order valence-corrected chi connectivity index (χ1v) is 4.51. The second-order valence-electron chi connectivity index (χ2n) is 2.84. The maximum Gasteiger partial charge on any atom is 0.265 e. The Hall–Kier alpha value is -1.39. The molecule has 0 saturated heterocycles. The van der Waals surface area contributed by atoms with Gasteiger partial charge in [-0.3, -0.25) is 10.2 Å². The van der Waals surface area contributed by atoms with Gasteiger partial charge in [0.05, 0.1) is 6.61 Å². The Labute approximate surface area is 82.9 Å². The van der Waals surface area contributed by atoms with Crippen molar-refractivity contribution in [2.75, 3.05) is 6.54 Å². The molecule has 4 nitrogen and oxygen atoms in total. The van der Waals surface area contributed by atoms with Crippen molar-refractivity contribution in [2.45, 2.75) is 13.5 Å². The highest BCUT2D eigenvalue weighted by molar-refractivity contribution is 5.93. The normalized spacial score (nSPS) is 9.86. The molecule has 0 atom stereocenters. The van der Waals surface area contributed by atoms with Gasteiger partial charge in [0.1, 0.15) is 0 Å². The molecule has 76 valence electrons. The first kappa shape index (κ1) is 10.7. The van der Waals surface area contributed by atoms with Gasteiger partial charge in [0.15, 0.2) is 0 Å². The Morgan fingerprint density at radius 2 is 2.00 bits per heavy atom. The summed E-state index contributed by atoms with van der Waals surface area (Å²) >= 11 is 0. The van der Waals surface area contributed by atoms with Gasteiger partial charge in [0.2, 0.25) is 0 Å². The monoisotopic (exact) mass is 194 g/mol. The highest BCUT2D eigenvalue weighted by atomic mass is 16.3. The molecule has 3 N–H and O–H groups in total. The third kappa shape index (κ3) is 2.83. The number of nitrogens with one attached hydrogen (secondary N) is 2. The van der Waals surface area contributed by atoms with Crippen LogP contribution in [0, 0.1) is 0 Å². The first-order chi connectivity index (χ1) is 6.77. The Morgan fingerprint density at radius 3 is 2.50 bits per heavy atom. The van der Waals surface area contributed by atoms with Crippen LogP contribution in [0.4, 0.5) is 0 Å². The van der Waals surface area contributed by atoms with Crippen LogP contribution in [0.2, 0.25) is 0 Å². The molecule has 0 fully saturated rings. The lowest BCUT2D eigenvalue weighted by molar-refractivity contribution is 0.0934. The number of benzene rings is 1. The van der Waals surface area contributed by atoms with E-state index in [1.165, 1.54) is 0 Å². The summed E-state index contributed by atoms with van der Waals surface area (Å²) in [6.07, 6.45) is 0. The van der Waals surface area contributed by atoms with E-state index in [9.17, 15) is 4.79 Å². The van der Waals surface area contributed by atoms with E-state index in [1.807, 2.05) is 6.92 Å². The Morgan fingerprint density at radius 1 is 1.36 bits per heavy atom. The molecule has 0 aliphatic heterocycles. The van der Waals surface area contributed by atoms with Crippen molar-refractivity contribution < 1.29 is 9.90 Å². The third-order valence-electron chi connectivity index (χ3n) is 1.78. The third-order valence-corrected chi connectivity index (χ3v) is 1.78. The molecule has 14 heavy (non-hydrogen) atoms. The van der Waals surface area contributed by atoms with Gasteiger partial charge in [0.25, 0.3) is 5.91 Å². The minimum atomic E-state index is -0.170. The fourth-order valence-corrected chi connectivity index (χ4v) is 1.00. The molecule has 1 aromatic carbocycles. The Bertz CT molecular complexity index is 295. The van der Waals surface area contributed by atoms with Crippen molar-refractivity contribution in [3.8, 4) is 0 Å². The lowest BCUT2D eigenvalue weighted by Gasteiger charge is -2.04. The number of hydrogen-bond donors (Lipinski definition) is 3. The number of aliphatic hydroxyl groups is 1. The van der Waals surface area contributed by atoms with Crippen molar-refractivity contribution in [1.29, 1.82) is 0 Å². The number of amides is 1. The second kappa shape index (κ2) is 5.36. The van der Waals surface area contributed by atoms with E-state index in [0.717, 1.165) is 5.56 Å². The van der Waals surface area contributed by atoms with Crippen LogP contribution < -0.4 is 10.9 Å². The van der Waals surface area contributed by atoms with Gasteiger partial charge in [-0.2, -0.15) is 0 Å². The highest BCUT2D eigenvalue weighted by Crippen LogP contribution is 2.03. The molecule has 0 radical (unpaired) electrons. The van der Waals surface area contributed by atoms with Crippen molar-refractivity contribution in [3.05, 3.63) is 35.4 Å². The smallest absolute Gasteiger partial charge is 0.265 e. The summed E-state index contributed by atoms with van der Waals surface area (Å²) in [6.45, 7) is 2.57. The van der Waals surface area contributed by atoms with Gasteiger partial charge in [-0.1, -0.05) is 19.1 Å². The SMILES string of the molecule is CCNNC(=O)c1ccc(CO)cc1. The van der Waals surface area contributed by atoms with Gasteiger partial charge in [-0.25, -0.2) is 5.43 Å². The number of hydrazine groups is 1. The molecular formula is C10H14N2O2. The second-order valence-corrected chi connectivity index (χ2v) is 2.84. The topological polar surface area (TPSA) is 61.4 Å². The average molecular weight is 194 g/mol. The number of carbonyl (C=O) groups is 1. The molecule has 0 aliphatic carbocycles. The summed E-state index contributed by atoms with van der Waals surface area (Å²) in [5.74, 6) is -0.170.